The second-order valence-corrected chi connectivity index (χ2v) is 9.91. The van der Waals surface area contributed by atoms with Gasteiger partial charge in [-0.2, -0.15) is 4.31 Å². The van der Waals surface area contributed by atoms with Gasteiger partial charge in [-0.3, -0.25) is 9.59 Å². The Bertz CT molecular complexity index is 847. The molecule has 3 heterocycles. The van der Waals surface area contributed by atoms with Crippen LogP contribution in [0.5, 0.6) is 0 Å². The first-order chi connectivity index (χ1) is 12.5. The topological polar surface area (TPSA) is 95.6 Å². The number of carbonyl (C=O) groups is 2. The Morgan fingerprint density at radius 3 is 2.54 bits per heavy atom. The fourth-order valence-electron chi connectivity index (χ4n) is 2.81. The van der Waals surface area contributed by atoms with Crippen LogP contribution in [0.2, 0.25) is 0 Å². The molecule has 0 unspecified atom stereocenters. The summed E-state index contributed by atoms with van der Waals surface area (Å²) >= 11 is 2.67. The van der Waals surface area contributed by atoms with Gasteiger partial charge in [-0.25, -0.2) is 8.42 Å². The van der Waals surface area contributed by atoms with Crippen LogP contribution < -0.4 is 10.6 Å². The molecule has 2 aromatic heterocycles. The Morgan fingerprint density at radius 2 is 1.85 bits per heavy atom. The van der Waals surface area contributed by atoms with E-state index in [-0.39, 0.29) is 12.6 Å². The van der Waals surface area contributed by atoms with Crippen molar-refractivity contribution in [3.63, 3.8) is 0 Å². The van der Waals surface area contributed by atoms with Gasteiger partial charge in [0.25, 0.3) is 10.0 Å². The van der Waals surface area contributed by atoms with E-state index in [1.54, 1.807) is 17.5 Å². The number of rotatable bonds is 6. The molecule has 2 N–H and O–H groups in total. The van der Waals surface area contributed by atoms with Gasteiger partial charge in [-0.15, -0.1) is 22.7 Å². The molecular weight excluding hydrogens is 394 g/mol. The van der Waals surface area contributed by atoms with Crippen LogP contribution in [-0.2, 0) is 26.2 Å². The Balaban J connectivity index is 1.53. The second-order valence-electron chi connectivity index (χ2n) is 5.82. The summed E-state index contributed by atoms with van der Waals surface area (Å²) < 4.78 is 27.0. The van der Waals surface area contributed by atoms with E-state index >= 15 is 0 Å². The molecule has 7 nitrogen and oxygen atoms in total. The fraction of sp³-hybridized carbons (Fsp3) is 0.375. The average Bonchev–Trinajstić information content (AvgIpc) is 3.39. The first-order valence-corrected chi connectivity index (χ1v) is 11.3. The van der Waals surface area contributed by atoms with Crippen LogP contribution in [0.15, 0.2) is 39.2 Å². The number of hydrogen-bond donors (Lipinski definition) is 2. The van der Waals surface area contributed by atoms with E-state index in [0.29, 0.717) is 23.7 Å². The first kappa shape index (κ1) is 19.0. The standard InChI is InChI=1S/C16H19N3O4S3/c20-15(16(21)18-11-13-5-2-8-24-13)17-10-12-4-1-7-19(12)26(22,23)14-6-3-9-25-14/h2-3,5-6,8-9,12H,1,4,7,10-11H2,(H,17,20)(H,18,21)/t12-/m1/s1. The molecular formula is C16H19N3O4S3. The van der Waals surface area contributed by atoms with Crippen LogP contribution in [-0.4, -0.2) is 43.7 Å². The Kier molecular flexibility index (Phi) is 6.07. The van der Waals surface area contributed by atoms with Crippen molar-refractivity contribution >= 4 is 44.5 Å². The highest BCUT2D eigenvalue weighted by atomic mass is 32.2. The van der Waals surface area contributed by atoms with Gasteiger partial charge in [0.15, 0.2) is 0 Å². The third kappa shape index (κ3) is 4.32. The molecule has 2 aromatic rings. The molecule has 1 aliphatic heterocycles. The van der Waals surface area contributed by atoms with Crippen LogP contribution in [0, 0.1) is 0 Å². The number of carbonyl (C=O) groups excluding carboxylic acids is 2. The molecule has 0 saturated carbocycles. The lowest BCUT2D eigenvalue weighted by molar-refractivity contribution is -0.139. The van der Waals surface area contributed by atoms with Crippen LogP contribution in [0.4, 0.5) is 0 Å². The zero-order valence-electron chi connectivity index (χ0n) is 13.9. The van der Waals surface area contributed by atoms with Crippen molar-refractivity contribution in [1.82, 2.24) is 14.9 Å². The summed E-state index contributed by atoms with van der Waals surface area (Å²) in [4.78, 5) is 24.8. The highest BCUT2D eigenvalue weighted by Gasteiger charge is 2.36. The average molecular weight is 414 g/mol. The summed E-state index contributed by atoms with van der Waals surface area (Å²) in [5.41, 5.74) is 0. The maximum Gasteiger partial charge on any atom is 0.309 e. The van der Waals surface area contributed by atoms with E-state index in [4.69, 9.17) is 0 Å². The zero-order chi connectivity index (χ0) is 18.6. The highest BCUT2D eigenvalue weighted by molar-refractivity contribution is 7.91. The Hall–Kier alpha value is -1.75. The molecule has 140 valence electrons. The third-order valence-electron chi connectivity index (χ3n) is 4.09. The summed E-state index contributed by atoms with van der Waals surface area (Å²) in [6.07, 6.45) is 1.39. The largest absolute Gasteiger partial charge is 0.346 e. The molecule has 10 heteroatoms. The van der Waals surface area contributed by atoms with Crippen molar-refractivity contribution < 1.29 is 18.0 Å². The molecule has 0 aromatic carbocycles. The van der Waals surface area contributed by atoms with Crippen molar-refractivity contribution in [3.8, 4) is 0 Å². The first-order valence-electron chi connectivity index (χ1n) is 8.12. The lowest BCUT2D eigenvalue weighted by Gasteiger charge is -2.23. The van der Waals surface area contributed by atoms with Crippen LogP contribution in [0.1, 0.15) is 17.7 Å². The molecule has 1 atom stereocenters. The Labute approximate surface area is 160 Å². The van der Waals surface area contributed by atoms with Crippen LogP contribution in [0.25, 0.3) is 0 Å². The predicted octanol–water partition coefficient (Wildman–Crippen LogP) is 1.40. The monoisotopic (exact) mass is 413 g/mol. The molecule has 1 fully saturated rings. The van der Waals surface area contributed by atoms with E-state index < -0.39 is 21.8 Å². The third-order valence-corrected chi connectivity index (χ3v) is 8.29. The van der Waals surface area contributed by atoms with Crippen LogP contribution in [0.3, 0.4) is 0 Å². The number of amides is 2. The fourth-order valence-corrected chi connectivity index (χ4v) is 6.26. The summed E-state index contributed by atoms with van der Waals surface area (Å²) in [7, 11) is -3.55. The summed E-state index contributed by atoms with van der Waals surface area (Å²) in [6.45, 7) is 0.841. The maximum atomic E-state index is 12.7. The molecule has 0 spiro atoms. The predicted molar refractivity (Wildman–Crippen MR) is 100 cm³/mol. The normalized spacial score (nSPS) is 17.9. The van der Waals surface area contributed by atoms with E-state index in [2.05, 4.69) is 10.6 Å². The van der Waals surface area contributed by atoms with Crippen molar-refractivity contribution in [2.75, 3.05) is 13.1 Å². The van der Waals surface area contributed by atoms with Gasteiger partial charge in [0.2, 0.25) is 0 Å². The van der Waals surface area contributed by atoms with Gasteiger partial charge in [-0.1, -0.05) is 12.1 Å². The van der Waals surface area contributed by atoms with E-state index in [1.807, 2.05) is 17.5 Å². The quantitative estimate of drug-likeness (QED) is 0.700. The van der Waals surface area contributed by atoms with Gasteiger partial charge >= 0.3 is 11.8 Å². The number of nitrogens with one attached hydrogen (secondary N) is 2. The minimum Gasteiger partial charge on any atom is -0.346 e. The van der Waals surface area contributed by atoms with Crippen molar-refractivity contribution in [2.45, 2.75) is 29.6 Å². The van der Waals surface area contributed by atoms with Gasteiger partial charge in [0.1, 0.15) is 4.21 Å². The van der Waals surface area contributed by atoms with Crippen molar-refractivity contribution in [2.24, 2.45) is 0 Å². The molecule has 3 rings (SSSR count). The lowest BCUT2D eigenvalue weighted by Crippen LogP contribution is -2.46. The molecule has 1 saturated heterocycles. The second kappa shape index (κ2) is 8.30. The van der Waals surface area contributed by atoms with Gasteiger partial charge < -0.3 is 10.6 Å². The number of thiophene rings is 2. The highest BCUT2D eigenvalue weighted by Crippen LogP contribution is 2.28. The Morgan fingerprint density at radius 1 is 1.12 bits per heavy atom. The van der Waals surface area contributed by atoms with Gasteiger partial charge in [0, 0.05) is 24.0 Å². The van der Waals surface area contributed by atoms with E-state index in [1.165, 1.54) is 27.0 Å². The number of hydrogen-bond acceptors (Lipinski definition) is 6. The summed E-state index contributed by atoms with van der Waals surface area (Å²) in [5, 5.41) is 8.72. The zero-order valence-corrected chi connectivity index (χ0v) is 16.3. The summed E-state index contributed by atoms with van der Waals surface area (Å²) in [5.74, 6) is -1.47. The lowest BCUT2D eigenvalue weighted by atomic mass is 10.2. The SMILES string of the molecule is O=C(NCc1cccs1)C(=O)NC[C@H]1CCCN1S(=O)(=O)c1cccs1. The molecule has 1 aliphatic rings. The van der Waals surface area contributed by atoms with Gasteiger partial charge in [-0.05, 0) is 35.7 Å². The number of nitrogens with zero attached hydrogens (tertiary/aromatic N) is 1. The van der Waals surface area contributed by atoms with Crippen LogP contribution >= 0.6 is 22.7 Å². The van der Waals surface area contributed by atoms with Crippen molar-refractivity contribution in [3.05, 3.63) is 39.9 Å². The minimum atomic E-state index is -3.55. The van der Waals surface area contributed by atoms with E-state index in [9.17, 15) is 18.0 Å². The molecule has 0 bridgehead atoms. The smallest absolute Gasteiger partial charge is 0.309 e. The summed E-state index contributed by atoms with van der Waals surface area (Å²) in [6, 6.07) is 6.67. The molecule has 0 aliphatic carbocycles. The maximum absolute atomic E-state index is 12.7. The van der Waals surface area contributed by atoms with Gasteiger partial charge in [0.05, 0.1) is 6.54 Å². The molecule has 2 amide bonds. The van der Waals surface area contributed by atoms with Crippen molar-refractivity contribution in [1.29, 1.82) is 0 Å². The minimum absolute atomic E-state index is 0.121. The molecule has 0 radical (unpaired) electrons. The van der Waals surface area contributed by atoms with E-state index in [0.717, 1.165) is 11.3 Å². The molecule has 26 heavy (non-hydrogen) atoms. The number of sulfonamides is 1.